The minimum atomic E-state index is -0.0601. The van der Waals surface area contributed by atoms with Gasteiger partial charge in [0.25, 0.3) is 11.8 Å². The van der Waals surface area contributed by atoms with Gasteiger partial charge in [-0.3, -0.25) is 9.59 Å². The van der Waals surface area contributed by atoms with E-state index < -0.39 is 0 Å². The van der Waals surface area contributed by atoms with Crippen LogP contribution in [-0.4, -0.2) is 88.0 Å². The van der Waals surface area contributed by atoms with Crippen LogP contribution in [-0.2, 0) is 4.74 Å². The van der Waals surface area contributed by atoms with Crippen LogP contribution < -0.4 is 19.5 Å². The van der Waals surface area contributed by atoms with Gasteiger partial charge in [0.1, 0.15) is 5.75 Å². The molecule has 1 saturated carbocycles. The average molecular weight is 600 g/mol. The molecule has 2 amide bonds. The van der Waals surface area contributed by atoms with E-state index in [1.165, 1.54) is 0 Å². The summed E-state index contributed by atoms with van der Waals surface area (Å²) in [5.41, 5.74) is 2.11. The van der Waals surface area contributed by atoms with Gasteiger partial charge < -0.3 is 34.1 Å². The van der Waals surface area contributed by atoms with E-state index in [-0.39, 0.29) is 36.4 Å². The van der Waals surface area contributed by atoms with E-state index in [2.05, 4.69) is 5.32 Å². The van der Waals surface area contributed by atoms with Gasteiger partial charge in [0, 0.05) is 62.9 Å². The Kier molecular flexibility index (Phi) is 9.81. The Morgan fingerprint density at radius 1 is 1.12 bits per heavy atom. The van der Waals surface area contributed by atoms with E-state index >= 15 is 0 Å². The molecule has 0 radical (unpaired) electrons. The fourth-order valence-electron chi connectivity index (χ4n) is 5.94. The maximum Gasteiger partial charge on any atom is 0.260 e. The molecule has 0 unspecified atom stereocenters. The second-order valence-corrected chi connectivity index (χ2v) is 12.1. The largest absolute Gasteiger partial charge is 0.493 e. The molecular weight excluding hydrogens is 558 g/mol. The summed E-state index contributed by atoms with van der Waals surface area (Å²) in [5.74, 6) is 2.36. The fraction of sp³-hybridized carbons (Fsp3) is 0.562. The van der Waals surface area contributed by atoms with Crippen LogP contribution in [0.1, 0.15) is 65.3 Å². The number of nitrogens with zero attached hydrogens (tertiary/aromatic N) is 2. The molecule has 228 valence electrons. The smallest absolute Gasteiger partial charge is 0.260 e. The Bertz CT molecular complexity index is 1280. The minimum Gasteiger partial charge on any atom is -0.493 e. The van der Waals surface area contributed by atoms with Gasteiger partial charge in [-0.1, -0.05) is 11.6 Å². The summed E-state index contributed by atoms with van der Waals surface area (Å²) in [6, 6.07) is 8.95. The first kappa shape index (κ1) is 30.4. The highest BCUT2D eigenvalue weighted by Crippen LogP contribution is 2.48. The van der Waals surface area contributed by atoms with Crippen molar-refractivity contribution in [1.29, 1.82) is 0 Å². The first-order valence-corrected chi connectivity index (χ1v) is 15.3. The predicted molar refractivity (Wildman–Crippen MR) is 161 cm³/mol. The van der Waals surface area contributed by atoms with E-state index in [9.17, 15) is 9.59 Å². The van der Waals surface area contributed by atoms with Gasteiger partial charge >= 0.3 is 0 Å². The van der Waals surface area contributed by atoms with Crippen molar-refractivity contribution in [1.82, 2.24) is 15.1 Å². The molecule has 42 heavy (non-hydrogen) atoms. The molecule has 2 aromatic carbocycles. The maximum atomic E-state index is 13.8. The molecule has 2 aromatic rings. The summed E-state index contributed by atoms with van der Waals surface area (Å²) in [4.78, 5) is 31.2. The number of hydrogen-bond donors (Lipinski definition) is 1. The highest BCUT2D eigenvalue weighted by atomic mass is 35.5. The van der Waals surface area contributed by atoms with Crippen molar-refractivity contribution in [2.75, 3.05) is 60.3 Å². The molecule has 0 aromatic heterocycles. The van der Waals surface area contributed by atoms with Gasteiger partial charge in [0.05, 0.1) is 19.3 Å². The lowest BCUT2D eigenvalue weighted by molar-refractivity contribution is 0.0431. The standard InChI is InChI=1S/C32H42ClN3O6/c1-20(2)36(31(37)22-8-10-26(40-4)28(14-22)41-13-5-12-39-3)18-24-16-34-15-23(24)17-35-19-42-27-11-9-25(33)29(21-6-7-21)30(27)32(35)38/h8-11,14,20-21,23-24,34H,5-7,12-13,15-19H2,1-4H3/t23-,24-/m0/s1. The Balaban J connectivity index is 1.28. The number of rotatable bonds is 13. The molecule has 2 aliphatic heterocycles. The van der Waals surface area contributed by atoms with E-state index in [4.69, 9.17) is 30.5 Å². The van der Waals surface area contributed by atoms with Gasteiger partial charge in [-0.2, -0.15) is 0 Å². The van der Waals surface area contributed by atoms with E-state index in [0.29, 0.717) is 65.6 Å². The number of halogens is 1. The number of hydrogen-bond acceptors (Lipinski definition) is 7. The van der Waals surface area contributed by atoms with Crippen molar-refractivity contribution in [2.24, 2.45) is 11.8 Å². The summed E-state index contributed by atoms with van der Waals surface area (Å²) in [5, 5.41) is 4.13. The average Bonchev–Trinajstić information content (AvgIpc) is 3.73. The molecular formula is C32H42ClN3O6. The highest BCUT2D eigenvalue weighted by Gasteiger charge is 2.39. The molecule has 0 bridgehead atoms. The third-order valence-electron chi connectivity index (χ3n) is 8.43. The van der Waals surface area contributed by atoms with Crippen LogP contribution in [0.15, 0.2) is 30.3 Å². The third-order valence-corrected chi connectivity index (χ3v) is 8.76. The summed E-state index contributed by atoms with van der Waals surface area (Å²) in [6.07, 6.45) is 2.83. The summed E-state index contributed by atoms with van der Waals surface area (Å²) in [7, 11) is 3.24. The molecule has 0 spiro atoms. The summed E-state index contributed by atoms with van der Waals surface area (Å²) >= 11 is 6.54. The van der Waals surface area contributed by atoms with Gasteiger partial charge in [-0.05, 0) is 80.3 Å². The van der Waals surface area contributed by atoms with Gasteiger partial charge in [0.15, 0.2) is 18.2 Å². The van der Waals surface area contributed by atoms with E-state index in [1.807, 2.05) is 24.8 Å². The Hall–Kier alpha value is -3.01. The Morgan fingerprint density at radius 3 is 2.62 bits per heavy atom. The van der Waals surface area contributed by atoms with E-state index in [1.54, 1.807) is 43.4 Å². The van der Waals surface area contributed by atoms with Crippen LogP contribution in [0.3, 0.4) is 0 Å². The van der Waals surface area contributed by atoms with Gasteiger partial charge in [0.2, 0.25) is 0 Å². The second-order valence-electron chi connectivity index (χ2n) is 11.7. The number of amides is 2. The van der Waals surface area contributed by atoms with Crippen LogP contribution in [0.2, 0.25) is 5.02 Å². The lowest BCUT2D eigenvalue weighted by atomic mass is 9.93. The number of ether oxygens (including phenoxy) is 4. The first-order chi connectivity index (χ1) is 20.3. The van der Waals surface area contributed by atoms with Crippen LogP contribution >= 0.6 is 11.6 Å². The Morgan fingerprint density at radius 2 is 1.90 bits per heavy atom. The minimum absolute atomic E-state index is 0.0120. The second kappa shape index (κ2) is 13.5. The van der Waals surface area contributed by atoms with Crippen molar-refractivity contribution >= 4 is 23.4 Å². The lowest BCUT2D eigenvalue weighted by Gasteiger charge is -2.35. The van der Waals surface area contributed by atoms with Crippen LogP contribution in [0.4, 0.5) is 0 Å². The zero-order valence-electron chi connectivity index (χ0n) is 25.0. The topological polar surface area (TPSA) is 89.6 Å². The van der Waals surface area contributed by atoms with Crippen molar-refractivity contribution in [3.63, 3.8) is 0 Å². The molecule has 1 N–H and O–H groups in total. The predicted octanol–water partition coefficient (Wildman–Crippen LogP) is 4.82. The molecule has 9 nitrogen and oxygen atoms in total. The third kappa shape index (κ3) is 6.63. The van der Waals surface area contributed by atoms with Crippen LogP contribution in [0.5, 0.6) is 17.2 Å². The van der Waals surface area contributed by atoms with Crippen molar-refractivity contribution in [3.05, 3.63) is 52.0 Å². The van der Waals surface area contributed by atoms with Crippen molar-refractivity contribution in [3.8, 4) is 17.2 Å². The summed E-state index contributed by atoms with van der Waals surface area (Å²) < 4.78 is 22.5. The monoisotopic (exact) mass is 599 g/mol. The quantitative estimate of drug-likeness (QED) is 0.330. The molecule has 2 fully saturated rings. The highest BCUT2D eigenvalue weighted by molar-refractivity contribution is 6.32. The number of carbonyl (C=O) groups is 2. The van der Waals surface area contributed by atoms with E-state index in [0.717, 1.165) is 37.9 Å². The lowest BCUT2D eigenvalue weighted by Crippen LogP contribution is -2.46. The molecule has 3 aliphatic rings. The molecule has 1 saturated heterocycles. The number of carbonyl (C=O) groups excluding carboxylic acids is 2. The Labute approximate surface area is 253 Å². The molecule has 10 heteroatoms. The maximum absolute atomic E-state index is 13.8. The van der Waals surface area contributed by atoms with Crippen molar-refractivity contribution < 1.29 is 28.5 Å². The van der Waals surface area contributed by atoms with Gasteiger partial charge in [-0.15, -0.1) is 0 Å². The summed E-state index contributed by atoms with van der Waals surface area (Å²) in [6.45, 7) is 8.00. The van der Waals surface area contributed by atoms with Gasteiger partial charge in [-0.25, -0.2) is 0 Å². The fourth-order valence-corrected chi connectivity index (χ4v) is 6.25. The first-order valence-electron chi connectivity index (χ1n) is 14.9. The SMILES string of the molecule is COCCCOc1cc(C(=O)N(C[C@@H]2CNC[C@H]2CN2COc3ccc(Cl)c(C4CC4)c3C2=O)C(C)C)ccc1OC. The number of benzene rings is 2. The number of fused-ring (bicyclic) bond motifs is 1. The number of nitrogens with one attached hydrogen (secondary N) is 1. The van der Waals surface area contributed by atoms with Crippen LogP contribution in [0.25, 0.3) is 0 Å². The molecule has 5 rings (SSSR count). The molecule has 1 aliphatic carbocycles. The molecule has 2 atom stereocenters. The zero-order chi connectivity index (χ0) is 29.8. The van der Waals surface area contributed by atoms with Crippen molar-refractivity contribution in [2.45, 2.75) is 45.1 Å². The normalized spacial score (nSPS) is 20.0. The van der Waals surface area contributed by atoms with Crippen LogP contribution in [0, 0.1) is 11.8 Å². The number of methoxy groups -OCH3 is 2. The zero-order valence-corrected chi connectivity index (χ0v) is 25.7. The molecule has 2 heterocycles.